The van der Waals surface area contributed by atoms with Gasteiger partial charge in [0.05, 0.1) is 19.3 Å². The highest BCUT2D eigenvalue weighted by atomic mass is 19.1. The van der Waals surface area contributed by atoms with Gasteiger partial charge in [-0.15, -0.1) is 0 Å². The average Bonchev–Trinajstić information content (AvgIpc) is 2.98. The summed E-state index contributed by atoms with van der Waals surface area (Å²) in [5, 5.41) is 9.94. The molecule has 3 rings (SSSR count). The number of rotatable bonds is 3. The van der Waals surface area contributed by atoms with Gasteiger partial charge in [0.15, 0.2) is 0 Å². The van der Waals surface area contributed by atoms with Gasteiger partial charge < -0.3 is 14.7 Å². The molecule has 1 heterocycles. The van der Waals surface area contributed by atoms with Crippen LogP contribution in [0.25, 0.3) is 0 Å². The number of halogens is 2. The molecule has 4 nitrogen and oxygen atoms in total. The average molecular weight is 333 g/mol. The summed E-state index contributed by atoms with van der Waals surface area (Å²) in [5.41, 5.74) is 0.472. The number of amides is 1. The number of benzene rings is 2. The number of aliphatic hydroxyl groups is 1. The number of carbonyl (C=O) groups is 1. The summed E-state index contributed by atoms with van der Waals surface area (Å²) < 4.78 is 32.6. The Morgan fingerprint density at radius 3 is 2.58 bits per heavy atom. The zero-order chi connectivity index (χ0) is 17.3. The summed E-state index contributed by atoms with van der Waals surface area (Å²) in [4.78, 5) is 14.1. The number of methoxy groups -OCH3 is 1. The molecule has 2 atom stereocenters. The Bertz CT molecular complexity index is 748. The van der Waals surface area contributed by atoms with E-state index in [9.17, 15) is 18.7 Å². The third-order valence-electron chi connectivity index (χ3n) is 4.19. The molecule has 0 radical (unpaired) electrons. The lowest BCUT2D eigenvalue weighted by Gasteiger charge is -2.25. The van der Waals surface area contributed by atoms with Gasteiger partial charge in [0.1, 0.15) is 17.4 Å². The Hall–Kier alpha value is -2.47. The Balaban J connectivity index is 1.92. The quantitative estimate of drug-likeness (QED) is 0.940. The standard InChI is InChI=1S/C18H17F2NO3/c1-24-14-5-2-11(3-6-14)18(23)21-10-13(22)9-17(21)15-8-12(19)4-7-16(15)20/h2-8,13,17,22H,9-10H2,1H3/t13-,17+/m0/s1. The number of hydrogen-bond acceptors (Lipinski definition) is 3. The molecule has 0 aliphatic carbocycles. The van der Waals surface area contributed by atoms with Gasteiger partial charge in [-0.05, 0) is 48.9 Å². The van der Waals surface area contributed by atoms with Gasteiger partial charge in [-0.3, -0.25) is 4.79 Å². The highest BCUT2D eigenvalue weighted by molar-refractivity contribution is 5.94. The monoisotopic (exact) mass is 333 g/mol. The van der Waals surface area contributed by atoms with Crippen molar-refractivity contribution in [1.29, 1.82) is 0 Å². The van der Waals surface area contributed by atoms with E-state index in [1.807, 2.05) is 0 Å². The van der Waals surface area contributed by atoms with Gasteiger partial charge in [-0.25, -0.2) is 8.78 Å². The third-order valence-corrected chi connectivity index (χ3v) is 4.19. The molecule has 126 valence electrons. The van der Waals surface area contributed by atoms with E-state index >= 15 is 0 Å². The highest BCUT2D eigenvalue weighted by Gasteiger charge is 2.37. The number of likely N-dealkylation sites (tertiary alicyclic amines) is 1. The van der Waals surface area contributed by atoms with Crippen molar-refractivity contribution in [3.8, 4) is 5.75 Å². The Morgan fingerprint density at radius 2 is 1.92 bits per heavy atom. The first-order valence-electron chi connectivity index (χ1n) is 7.57. The minimum Gasteiger partial charge on any atom is -0.497 e. The zero-order valence-electron chi connectivity index (χ0n) is 13.1. The predicted octanol–water partition coefficient (Wildman–Crippen LogP) is 2.92. The van der Waals surface area contributed by atoms with Crippen molar-refractivity contribution >= 4 is 5.91 Å². The molecule has 2 aromatic rings. The van der Waals surface area contributed by atoms with Crippen LogP contribution in [-0.2, 0) is 0 Å². The van der Waals surface area contributed by atoms with Crippen LogP contribution in [0.2, 0.25) is 0 Å². The van der Waals surface area contributed by atoms with E-state index in [2.05, 4.69) is 0 Å². The summed E-state index contributed by atoms with van der Waals surface area (Å²) in [6, 6.07) is 8.94. The van der Waals surface area contributed by atoms with Crippen LogP contribution in [0.15, 0.2) is 42.5 Å². The van der Waals surface area contributed by atoms with Crippen LogP contribution in [-0.4, -0.2) is 35.7 Å². The maximum atomic E-state index is 14.1. The largest absolute Gasteiger partial charge is 0.497 e. The second-order valence-electron chi connectivity index (χ2n) is 5.76. The maximum absolute atomic E-state index is 14.1. The zero-order valence-corrected chi connectivity index (χ0v) is 13.1. The van der Waals surface area contributed by atoms with Crippen molar-refractivity contribution in [3.63, 3.8) is 0 Å². The molecule has 0 spiro atoms. The molecule has 1 aliphatic heterocycles. The van der Waals surface area contributed by atoms with Crippen molar-refractivity contribution in [1.82, 2.24) is 4.90 Å². The SMILES string of the molecule is COc1ccc(C(=O)N2C[C@@H](O)C[C@@H]2c2cc(F)ccc2F)cc1. The molecule has 1 amide bonds. The van der Waals surface area contributed by atoms with E-state index in [4.69, 9.17) is 4.74 Å². The van der Waals surface area contributed by atoms with Crippen LogP contribution in [0.5, 0.6) is 5.75 Å². The Kier molecular flexibility index (Phi) is 4.49. The first kappa shape index (κ1) is 16.4. The van der Waals surface area contributed by atoms with Crippen LogP contribution in [0.3, 0.4) is 0 Å². The van der Waals surface area contributed by atoms with Crippen LogP contribution in [0, 0.1) is 11.6 Å². The molecular weight excluding hydrogens is 316 g/mol. The smallest absolute Gasteiger partial charge is 0.254 e. The van der Waals surface area contributed by atoms with Crippen LogP contribution in [0.4, 0.5) is 8.78 Å². The number of carbonyl (C=O) groups excluding carboxylic acids is 1. The van der Waals surface area contributed by atoms with Crippen molar-refractivity contribution in [3.05, 3.63) is 65.2 Å². The summed E-state index contributed by atoms with van der Waals surface area (Å²) in [5.74, 6) is -0.906. The van der Waals surface area contributed by atoms with E-state index in [-0.39, 0.29) is 24.4 Å². The molecule has 1 aliphatic rings. The van der Waals surface area contributed by atoms with Crippen molar-refractivity contribution in [2.75, 3.05) is 13.7 Å². The summed E-state index contributed by atoms with van der Waals surface area (Å²) in [6.45, 7) is 0.0749. The topological polar surface area (TPSA) is 49.8 Å². The van der Waals surface area contributed by atoms with E-state index in [0.29, 0.717) is 11.3 Å². The maximum Gasteiger partial charge on any atom is 0.254 e. The molecule has 0 aromatic heterocycles. The number of ether oxygens (including phenoxy) is 1. The van der Waals surface area contributed by atoms with Gasteiger partial charge in [0.2, 0.25) is 0 Å². The fraction of sp³-hybridized carbons (Fsp3) is 0.278. The van der Waals surface area contributed by atoms with Crippen molar-refractivity contribution in [2.45, 2.75) is 18.6 Å². The summed E-state index contributed by atoms with van der Waals surface area (Å²) >= 11 is 0. The lowest BCUT2D eigenvalue weighted by Crippen LogP contribution is -2.32. The first-order valence-corrected chi connectivity index (χ1v) is 7.57. The fourth-order valence-electron chi connectivity index (χ4n) is 3.00. The normalized spacial score (nSPS) is 20.2. The van der Waals surface area contributed by atoms with Crippen LogP contribution in [0.1, 0.15) is 28.4 Å². The molecule has 2 aromatic carbocycles. The molecule has 0 saturated carbocycles. The summed E-state index contributed by atoms with van der Waals surface area (Å²) in [6.07, 6.45) is -0.609. The van der Waals surface area contributed by atoms with Gasteiger partial charge in [-0.2, -0.15) is 0 Å². The van der Waals surface area contributed by atoms with Crippen molar-refractivity contribution in [2.24, 2.45) is 0 Å². The van der Waals surface area contributed by atoms with E-state index in [0.717, 1.165) is 18.2 Å². The van der Waals surface area contributed by atoms with Crippen molar-refractivity contribution < 1.29 is 23.4 Å². The minimum absolute atomic E-state index is 0.0749. The molecule has 0 unspecified atom stereocenters. The lowest BCUT2D eigenvalue weighted by atomic mass is 10.0. The highest BCUT2D eigenvalue weighted by Crippen LogP contribution is 2.35. The number of aliphatic hydroxyl groups excluding tert-OH is 1. The predicted molar refractivity (Wildman–Crippen MR) is 83.8 cm³/mol. The third kappa shape index (κ3) is 3.10. The Morgan fingerprint density at radius 1 is 1.21 bits per heavy atom. The first-order chi connectivity index (χ1) is 11.5. The molecule has 1 N–H and O–H groups in total. The lowest BCUT2D eigenvalue weighted by molar-refractivity contribution is 0.0713. The number of nitrogens with zero attached hydrogens (tertiary/aromatic N) is 1. The number of hydrogen-bond donors (Lipinski definition) is 1. The van der Waals surface area contributed by atoms with Crippen LogP contribution < -0.4 is 4.74 Å². The molecule has 1 fully saturated rings. The summed E-state index contributed by atoms with van der Waals surface area (Å²) in [7, 11) is 1.52. The van der Waals surface area contributed by atoms with Crippen LogP contribution >= 0.6 is 0 Å². The molecule has 6 heteroatoms. The van der Waals surface area contributed by atoms with E-state index in [1.165, 1.54) is 12.0 Å². The Labute approximate surface area is 138 Å². The second-order valence-corrected chi connectivity index (χ2v) is 5.76. The van der Waals surface area contributed by atoms with Gasteiger partial charge in [0, 0.05) is 17.7 Å². The minimum atomic E-state index is -0.778. The number of β-amino-alcohol motifs (C(OH)–C–C–N with tert-alkyl or cyclic N) is 1. The van der Waals surface area contributed by atoms with Gasteiger partial charge in [0.25, 0.3) is 5.91 Å². The molecular formula is C18H17F2NO3. The van der Waals surface area contributed by atoms with Gasteiger partial charge >= 0.3 is 0 Å². The molecule has 1 saturated heterocycles. The fourth-order valence-corrected chi connectivity index (χ4v) is 3.00. The second kappa shape index (κ2) is 6.57. The van der Waals surface area contributed by atoms with E-state index < -0.39 is 23.8 Å². The van der Waals surface area contributed by atoms with Gasteiger partial charge in [-0.1, -0.05) is 0 Å². The molecule has 0 bridgehead atoms. The van der Waals surface area contributed by atoms with E-state index in [1.54, 1.807) is 24.3 Å². The molecule has 24 heavy (non-hydrogen) atoms.